The monoisotopic (exact) mass is 680 g/mol. The SMILES string of the molecule is C=CC1CC1(NC(=O)[C@@H]1C[C@@H](Oc2cc(-c3ccccc3)nc3cc(OC)ccc23)CN1C(=O)[C@H](C1CCCCC1)N1CCCCC1)C(=O)O. The van der Waals surface area contributed by atoms with Crippen LogP contribution in [0.3, 0.4) is 0 Å². The minimum absolute atomic E-state index is 0.0419. The van der Waals surface area contributed by atoms with Crippen LogP contribution in [0.4, 0.5) is 0 Å². The van der Waals surface area contributed by atoms with Gasteiger partial charge in [-0.3, -0.25) is 14.5 Å². The molecular weight excluding hydrogens is 632 g/mol. The molecule has 2 saturated carbocycles. The van der Waals surface area contributed by atoms with Gasteiger partial charge in [0.1, 0.15) is 29.2 Å². The number of rotatable bonds is 11. The molecule has 1 aromatic heterocycles. The molecule has 7 rings (SSSR count). The molecule has 4 fully saturated rings. The van der Waals surface area contributed by atoms with E-state index in [1.165, 1.54) is 6.42 Å². The number of hydrogen-bond donors (Lipinski definition) is 2. The molecule has 2 aliphatic carbocycles. The molecule has 5 atom stereocenters. The highest BCUT2D eigenvalue weighted by Gasteiger charge is 2.61. The number of likely N-dealkylation sites (tertiary alicyclic amines) is 2. The van der Waals surface area contributed by atoms with E-state index in [2.05, 4.69) is 16.8 Å². The second-order valence-electron chi connectivity index (χ2n) is 14.5. The molecule has 50 heavy (non-hydrogen) atoms. The van der Waals surface area contributed by atoms with E-state index < -0.39 is 29.6 Å². The van der Waals surface area contributed by atoms with Crippen molar-refractivity contribution < 1.29 is 29.0 Å². The van der Waals surface area contributed by atoms with E-state index in [9.17, 15) is 19.5 Å². The Morgan fingerprint density at radius 2 is 1.76 bits per heavy atom. The van der Waals surface area contributed by atoms with E-state index in [-0.39, 0.29) is 43.2 Å². The summed E-state index contributed by atoms with van der Waals surface area (Å²) in [5.74, 6) is -0.435. The highest BCUT2D eigenvalue weighted by molar-refractivity contribution is 5.96. The van der Waals surface area contributed by atoms with Crippen molar-refractivity contribution in [1.82, 2.24) is 20.1 Å². The third-order valence-electron chi connectivity index (χ3n) is 11.4. The molecule has 10 heteroatoms. The highest BCUT2D eigenvalue weighted by Crippen LogP contribution is 2.45. The van der Waals surface area contributed by atoms with Crippen LogP contribution in [0.25, 0.3) is 22.2 Å². The second kappa shape index (κ2) is 14.4. The molecule has 2 N–H and O–H groups in total. The molecule has 0 radical (unpaired) electrons. The fraction of sp³-hybridized carbons (Fsp3) is 0.500. The zero-order valence-corrected chi connectivity index (χ0v) is 28.9. The third kappa shape index (κ3) is 6.70. The van der Waals surface area contributed by atoms with Gasteiger partial charge in [-0.25, -0.2) is 9.78 Å². The zero-order valence-electron chi connectivity index (χ0n) is 28.9. The van der Waals surface area contributed by atoms with Gasteiger partial charge in [-0.15, -0.1) is 6.58 Å². The number of carboxylic acid groups (broad SMARTS) is 1. The Balaban J connectivity index is 1.23. The van der Waals surface area contributed by atoms with Gasteiger partial charge < -0.3 is 24.8 Å². The van der Waals surface area contributed by atoms with E-state index in [1.54, 1.807) is 18.1 Å². The summed E-state index contributed by atoms with van der Waals surface area (Å²) in [5.41, 5.74) is 0.972. The average molecular weight is 681 g/mol. The quantitative estimate of drug-likeness (QED) is 0.243. The van der Waals surface area contributed by atoms with Gasteiger partial charge in [0, 0.05) is 35.4 Å². The summed E-state index contributed by atoms with van der Waals surface area (Å²) in [6, 6.07) is 16.3. The molecule has 10 nitrogen and oxygen atoms in total. The smallest absolute Gasteiger partial charge is 0.330 e. The second-order valence-corrected chi connectivity index (χ2v) is 14.5. The number of aromatic nitrogens is 1. The Bertz CT molecular complexity index is 1720. The number of amides is 2. The predicted octanol–water partition coefficient (Wildman–Crippen LogP) is 5.84. The van der Waals surface area contributed by atoms with Gasteiger partial charge in [-0.2, -0.15) is 0 Å². The van der Waals surface area contributed by atoms with Crippen LogP contribution in [-0.4, -0.2) is 88.1 Å². The summed E-state index contributed by atoms with van der Waals surface area (Å²) in [4.78, 5) is 50.4. The number of hydrogen-bond acceptors (Lipinski definition) is 7. The first-order valence-corrected chi connectivity index (χ1v) is 18.2. The van der Waals surface area contributed by atoms with Crippen molar-refractivity contribution in [2.24, 2.45) is 11.8 Å². The van der Waals surface area contributed by atoms with Gasteiger partial charge in [0.05, 0.1) is 30.9 Å². The minimum Gasteiger partial charge on any atom is -0.497 e. The van der Waals surface area contributed by atoms with Crippen molar-refractivity contribution in [3.05, 3.63) is 67.3 Å². The lowest BCUT2D eigenvalue weighted by molar-refractivity contribution is -0.147. The van der Waals surface area contributed by atoms with Gasteiger partial charge in [0.25, 0.3) is 0 Å². The summed E-state index contributed by atoms with van der Waals surface area (Å²) in [6.07, 6.45) is 10.2. The fourth-order valence-electron chi connectivity index (χ4n) is 8.50. The topological polar surface area (TPSA) is 121 Å². The van der Waals surface area contributed by atoms with Crippen molar-refractivity contribution >= 4 is 28.7 Å². The van der Waals surface area contributed by atoms with Gasteiger partial charge in [0.2, 0.25) is 11.8 Å². The number of aliphatic carboxylic acids is 1. The molecule has 3 heterocycles. The summed E-state index contributed by atoms with van der Waals surface area (Å²) in [7, 11) is 1.62. The number of pyridine rings is 1. The average Bonchev–Trinajstić information content (AvgIpc) is 3.71. The van der Waals surface area contributed by atoms with Crippen LogP contribution in [0.1, 0.15) is 64.2 Å². The molecule has 0 spiro atoms. The van der Waals surface area contributed by atoms with Gasteiger partial charge >= 0.3 is 5.97 Å². The maximum atomic E-state index is 14.9. The molecule has 264 valence electrons. The Morgan fingerprint density at radius 3 is 2.44 bits per heavy atom. The number of carboxylic acids is 1. The van der Waals surface area contributed by atoms with Crippen LogP contribution in [0, 0.1) is 11.8 Å². The Labute approximate surface area is 293 Å². The first-order valence-electron chi connectivity index (χ1n) is 18.2. The Morgan fingerprint density at radius 1 is 1.02 bits per heavy atom. The zero-order chi connectivity index (χ0) is 34.8. The number of fused-ring (bicyclic) bond motifs is 1. The molecule has 0 bridgehead atoms. The van der Waals surface area contributed by atoms with E-state index in [0.717, 1.165) is 74.7 Å². The maximum Gasteiger partial charge on any atom is 0.330 e. The highest BCUT2D eigenvalue weighted by atomic mass is 16.5. The van der Waals surface area contributed by atoms with Gasteiger partial charge in [-0.1, -0.05) is 62.1 Å². The van der Waals surface area contributed by atoms with Crippen molar-refractivity contribution in [3.8, 4) is 22.8 Å². The molecule has 2 saturated heterocycles. The Kier molecular flexibility index (Phi) is 9.82. The predicted molar refractivity (Wildman–Crippen MR) is 191 cm³/mol. The normalized spacial score (nSPS) is 26.3. The van der Waals surface area contributed by atoms with E-state index in [1.807, 2.05) is 54.6 Å². The van der Waals surface area contributed by atoms with E-state index in [4.69, 9.17) is 14.5 Å². The summed E-state index contributed by atoms with van der Waals surface area (Å²) >= 11 is 0. The van der Waals surface area contributed by atoms with Gasteiger partial charge in [-0.05, 0) is 63.2 Å². The maximum absolute atomic E-state index is 14.9. The van der Waals surface area contributed by atoms with Crippen LogP contribution in [0.15, 0.2) is 67.3 Å². The molecule has 2 unspecified atom stereocenters. The van der Waals surface area contributed by atoms with E-state index >= 15 is 0 Å². The lowest BCUT2D eigenvalue weighted by atomic mass is 9.82. The number of carbonyl (C=O) groups is 3. The number of nitrogens with one attached hydrogen (secondary N) is 1. The van der Waals surface area contributed by atoms with Crippen molar-refractivity contribution in [2.45, 2.75) is 87.9 Å². The number of ether oxygens (including phenoxy) is 2. The number of benzene rings is 2. The standard InChI is InChI=1S/C40H48N4O6/c1-3-28-24-40(28,39(47)48)42-37(45)34-22-30(25-44(34)38(46)36(27-15-9-5-10-16-27)43-19-11-6-12-20-43)50-35-23-32(26-13-7-4-8-14-26)41-33-21-29(49-2)17-18-31(33)35/h3-4,7-8,13-14,17-18,21,23,27-28,30,34,36H,1,5-6,9-12,15-16,19-20,22,24-25H2,2H3,(H,42,45)(H,47,48)/t28?,30-,34+,36+,40?/m1/s1. The molecule has 4 aliphatic rings. The van der Waals surface area contributed by atoms with E-state index in [0.29, 0.717) is 17.0 Å². The number of piperidine rings is 1. The fourth-order valence-corrected chi connectivity index (χ4v) is 8.50. The van der Waals surface area contributed by atoms with Gasteiger partial charge in [0.15, 0.2) is 0 Å². The summed E-state index contributed by atoms with van der Waals surface area (Å²) in [5, 5.41) is 13.8. The molecular formula is C40H48N4O6. The third-order valence-corrected chi connectivity index (χ3v) is 11.4. The van der Waals surface area contributed by atoms with Crippen LogP contribution >= 0.6 is 0 Å². The van der Waals surface area contributed by atoms with Crippen LogP contribution in [-0.2, 0) is 14.4 Å². The van der Waals surface area contributed by atoms with Crippen LogP contribution in [0.5, 0.6) is 11.5 Å². The lowest BCUT2D eigenvalue weighted by Crippen LogP contribution is -2.58. The summed E-state index contributed by atoms with van der Waals surface area (Å²) in [6.45, 7) is 5.74. The number of methoxy groups -OCH3 is 1. The largest absolute Gasteiger partial charge is 0.497 e. The minimum atomic E-state index is -1.40. The number of carbonyl (C=O) groups excluding carboxylic acids is 2. The first-order chi connectivity index (χ1) is 24.3. The van der Waals surface area contributed by atoms with Crippen molar-refractivity contribution in [3.63, 3.8) is 0 Å². The van der Waals surface area contributed by atoms with Crippen LogP contribution < -0.4 is 14.8 Å². The van der Waals surface area contributed by atoms with Crippen molar-refractivity contribution in [1.29, 1.82) is 0 Å². The molecule has 2 aromatic carbocycles. The van der Waals surface area contributed by atoms with Crippen molar-refractivity contribution in [2.75, 3.05) is 26.7 Å². The summed E-state index contributed by atoms with van der Waals surface area (Å²) < 4.78 is 12.3. The Hall–Kier alpha value is -4.44. The molecule has 2 aliphatic heterocycles. The number of nitrogens with zero attached hydrogens (tertiary/aromatic N) is 3. The molecule has 3 aromatic rings. The lowest BCUT2D eigenvalue weighted by Gasteiger charge is -2.42. The molecule has 2 amide bonds. The van der Waals surface area contributed by atoms with Crippen LogP contribution in [0.2, 0.25) is 0 Å². The first kappa shape index (κ1) is 34.0.